The number of aliphatic imine (C=N–C) groups is 1. The van der Waals surface area contributed by atoms with Gasteiger partial charge in [0.2, 0.25) is 5.91 Å². The molecule has 1 saturated carbocycles. The van der Waals surface area contributed by atoms with Crippen LogP contribution in [0.1, 0.15) is 43.7 Å². The predicted octanol–water partition coefficient (Wildman–Crippen LogP) is 2.84. The number of nitrogens with one attached hydrogen (secondary N) is 2. The Bertz CT molecular complexity index is 645. The first-order chi connectivity index (χ1) is 12.4. The first-order valence-corrected chi connectivity index (χ1v) is 9.37. The summed E-state index contributed by atoms with van der Waals surface area (Å²) in [5.41, 5.74) is 1.56. The van der Waals surface area contributed by atoms with Gasteiger partial charge >= 0.3 is 0 Å². The van der Waals surface area contributed by atoms with Crippen LogP contribution in [0.5, 0.6) is 0 Å². The zero-order valence-corrected chi connectivity index (χ0v) is 16.3. The molecule has 2 unspecified atom stereocenters. The van der Waals surface area contributed by atoms with Gasteiger partial charge in [0.15, 0.2) is 5.96 Å². The Morgan fingerprint density at radius 2 is 2.04 bits per heavy atom. The van der Waals surface area contributed by atoms with Crippen LogP contribution in [0.15, 0.2) is 23.2 Å². The van der Waals surface area contributed by atoms with E-state index in [1.807, 2.05) is 6.07 Å². The van der Waals surface area contributed by atoms with E-state index in [1.54, 1.807) is 32.0 Å². The molecule has 2 rings (SSSR count). The quantitative estimate of drug-likeness (QED) is 0.626. The van der Waals surface area contributed by atoms with Gasteiger partial charge in [-0.05, 0) is 42.9 Å². The molecule has 1 aromatic carbocycles. The second-order valence-corrected chi connectivity index (χ2v) is 7.40. The third-order valence-corrected chi connectivity index (χ3v) is 4.98. The average molecular weight is 362 g/mol. The molecule has 1 amide bonds. The molecule has 5 nitrogen and oxygen atoms in total. The number of benzene rings is 1. The van der Waals surface area contributed by atoms with Gasteiger partial charge in [-0.1, -0.05) is 31.9 Å². The van der Waals surface area contributed by atoms with Gasteiger partial charge in [0, 0.05) is 20.1 Å². The second kappa shape index (κ2) is 9.55. The van der Waals surface area contributed by atoms with Gasteiger partial charge in [0.25, 0.3) is 0 Å². The van der Waals surface area contributed by atoms with Gasteiger partial charge in [-0.2, -0.15) is 0 Å². The van der Waals surface area contributed by atoms with E-state index < -0.39 is 0 Å². The Balaban J connectivity index is 2.07. The molecule has 1 aliphatic rings. The zero-order chi connectivity index (χ0) is 19.1. The number of halogens is 1. The Kier molecular flexibility index (Phi) is 7.42. The number of rotatable bonds is 5. The molecule has 0 radical (unpaired) electrons. The van der Waals surface area contributed by atoms with Gasteiger partial charge in [-0.3, -0.25) is 4.79 Å². The van der Waals surface area contributed by atoms with Gasteiger partial charge in [-0.15, -0.1) is 0 Å². The van der Waals surface area contributed by atoms with E-state index in [1.165, 1.54) is 25.3 Å². The van der Waals surface area contributed by atoms with Crippen LogP contribution in [0.2, 0.25) is 0 Å². The molecule has 0 spiro atoms. The highest BCUT2D eigenvalue weighted by atomic mass is 19.1. The maximum atomic E-state index is 13.4. The largest absolute Gasteiger partial charge is 0.353 e. The van der Waals surface area contributed by atoms with Crippen LogP contribution in [0, 0.1) is 18.7 Å². The molecule has 0 aliphatic heterocycles. The number of hydrogen-bond donors (Lipinski definition) is 2. The SMILES string of the molecule is Cc1cc(CN=C(NCC(=O)N(C)C)NC2CCCCC2C)ccc1F. The van der Waals surface area contributed by atoms with E-state index in [2.05, 4.69) is 22.5 Å². The van der Waals surface area contributed by atoms with Crippen molar-refractivity contribution in [2.24, 2.45) is 10.9 Å². The number of hydrogen-bond acceptors (Lipinski definition) is 2. The molecular formula is C20H31FN4O. The van der Waals surface area contributed by atoms with Crippen LogP contribution in [0.3, 0.4) is 0 Å². The molecule has 0 heterocycles. The lowest BCUT2D eigenvalue weighted by Gasteiger charge is -2.31. The lowest BCUT2D eigenvalue weighted by atomic mass is 9.86. The van der Waals surface area contributed by atoms with E-state index in [0.717, 1.165) is 12.0 Å². The Morgan fingerprint density at radius 3 is 2.69 bits per heavy atom. The summed E-state index contributed by atoms with van der Waals surface area (Å²) in [5.74, 6) is 1.00. The van der Waals surface area contributed by atoms with Crippen molar-refractivity contribution in [1.82, 2.24) is 15.5 Å². The molecule has 0 bridgehead atoms. The summed E-state index contributed by atoms with van der Waals surface area (Å²) >= 11 is 0. The smallest absolute Gasteiger partial charge is 0.241 e. The highest BCUT2D eigenvalue weighted by Gasteiger charge is 2.22. The van der Waals surface area contributed by atoms with Crippen LogP contribution < -0.4 is 10.6 Å². The van der Waals surface area contributed by atoms with Crippen molar-refractivity contribution < 1.29 is 9.18 Å². The average Bonchev–Trinajstić information content (AvgIpc) is 2.61. The third-order valence-electron chi connectivity index (χ3n) is 4.98. The van der Waals surface area contributed by atoms with E-state index in [4.69, 9.17) is 0 Å². The summed E-state index contributed by atoms with van der Waals surface area (Å²) in [6, 6.07) is 5.39. The summed E-state index contributed by atoms with van der Waals surface area (Å²) in [6.45, 7) is 4.64. The van der Waals surface area contributed by atoms with E-state index in [9.17, 15) is 9.18 Å². The highest BCUT2D eigenvalue weighted by molar-refractivity contribution is 5.86. The zero-order valence-electron chi connectivity index (χ0n) is 16.3. The van der Waals surface area contributed by atoms with Crippen LogP contribution in [-0.2, 0) is 11.3 Å². The van der Waals surface area contributed by atoms with Crippen LogP contribution in [-0.4, -0.2) is 43.4 Å². The normalized spacial score (nSPS) is 20.6. The first kappa shape index (κ1) is 20.2. The second-order valence-electron chi connectivity index (χ2n) is 7.40. The van der Waals surface area contributed by atoms with Crippen LogP contribution >= 0.6 is 0 Å². The molecule has 0 saturated heterocycles. The molecule has 26 heavy (non-hydrogen) atoms. The van der Waals surface area contributed by atoms with Gasteiger partial charge < -0.3 is 15.5 Å². The number of guanidine groups is 1. The third kappa shape index (κ3) is 6.00. The van der Waals surface area contributed by atoms with Crippen molar-refractivity contribution in [3.63, 3.8) is 0 Å². The number of amides is 1. The van der Waals surface area contributed by atoms with Gasteiger partial charge in [-0.25, -0.2) is 9.38 Å². The minimum absolute atomic E-state index is 0.00572. The Hall–Kier alpha value is -2.11. The molecule has 6 heteroatoms. The highest BCUT2D eigenvalue weighted by Crippen LogP contribution is 2.23. The minimum Gasteiger partial charge on any atom is -0.353 e. The van der Waals surface area contributed by atoms with Gasteiger partial charge in [0.1, 0.15) is 5.82 Å². The molecule has 1 fully saturated rings. The fourth-order valence-corrected chi connectivity index (χ4v) is 3.15. The van der Waals surface area contributed by atoms with Crippen LogP contribution in [0.25, 0.3) is 0 Å². The Morgan fingerprint density at radius 1 is 1.31 bits per heavy atom. The summed E-state index contributed by atoms with van der Waals surface area (Å²) in [6.07, 6.45) is 4.80. The molecule has 144 valence electrons. The van der Waals surface area contributed by atoms with Crippen molar-refractivity contribution in [3.8, 4) is 0 Å². The van der Waals surface area contributed by atoms with Crippen molar-refractivity contribution in [2.45, 2.75) is 52.1 Å². The maximum Gasteiger partial charge on any atom is 0.241 e. The Labute approximate surface area is 156 Å². The number of likely N-dealkylation sites (N-methyl/N-ethyl adjacent to an activating group) is 1. The lowest BCUT2D eigenvalue weighted by Crippen LogP contribution is -2.49. The van der Waals surface area contributed by atoms with E-state index in [0.29, 0.717) is 30.0 Å². The minimum atomic E-state index is -0.207. The number of aryl methyl sites for hydroxylation is 1. The molecule has 2 atom stereocenters. The molecule has 2 N–H and O–H groups in total. The van der Waals surface area contributed by atoms with Crippen molar-refractivity contribution in [3.05, 3.63) is 35.1 Å². The first-order valence-electron chi connectivity index (χ1n) is 9.37. The fraction of sp³-hybridized carbons (Fsp3) is 0.600. The lowest BCUT2D eigenvalue weighted by molar-refractivity contribution is -0.127. The molecule has 1 aliphatic carbocycles. The van der Waals surface area contributed by atoms with Crippen molar-refractivity contribution in [1.29, 1.82) is 0 Å². The number of nitrogens with zero attached hydrogens (tertiary/aromatic N) is 2. The predicted molar refractivity (Wildman–Crippen MR) is 104 cm³/mol. The summed E-state index contributed by atoms with van der Waals surface area (Å²) in [5, 5.41) is 6.63. The van der Waals surface area contributed by atoms with Crippen molar-refractivity contribution >= 4 is 11.9 Å². The molecular weight excluding hydrogens is 331 g/mol. The van der Waals surface area contributed by atoms with E-state index >= 15 is 0 Å². The molecule has 1 aromatic rings. The topological polar surface area (TPSA) is 56.7 Å². The van der Waals surface area contributed by atoms with Crippen molar-refractivity contribution in [2.75, 3.05) is 20.6 Å². The van der Waals surface area contributed by atoms with Gasteiger partial charge in [0.05, 0.1) is 13.1 Å². The van der Waals surface area contributed by atoms with Crippen LogP contribution in [0.4, 0.5) is 4.39 Å². The monoisotopic (exact) mass is 362 g/mol. The summed E-state index contributed by atoms with van der Waals surface area (Å²) in [7, 11) is 3.47. The maximum absolute atomic E-state index is 13.4. The summed E-state index contributed by atoms with van der Waals surface area (Å²) in [4.78, 5) is 18.1. The fourth-order valence-electron chi connectivity index (χ4n) is 3.15. The standard InChI is InChI=1S/C20H31FN4O/c1-14-7-5-6-8-18(14)24-20(23-13-19(26)25(3)4)22-12-16-9-10-17(21)15(2)11-16/h9-11,14,18H,5-8,12-13H2,1-4H3,(H2,22,23,24). The number of carbonyl (C=O) groups excluding carboxylic acids is 1. The van der Waals surface area contributed by atoms with E-state index in [-0.39, 0.29) is 18.3 Å². The summed E-state index contributed by atoms with van der Waals surface area (Å²) < 4.78 is 13.4. The molecule has 0 aromatic heterocycles. The number of carbonyl (C=O) groups is 1.